The number of carbonyl (C=O) groups is 3. The third-order valence-corrected chi connectivity index (χ3v) is 5.55. The Hall–Kier alpha value is -3.27. The van der Waals surface area contributed by atoms with Crippen molar-refractivity contribution in [3.05, 3.63) is 52.0 Å². The molecule has 158 valence electrons. The number of guanidine groups is 1. The van der Waals surface area contributed by atoms with Gasteiger partial charge in [-0.3, -0.25) is 29.7 Å². The van der Waals surface area contributed by atoms with Crippen molar-refractivity contribution in [2.24, 2.45) is 4.99 Å². The summed E-state index contributed by atoms with van der Waals surface area (Å²) < 4.78 is 0. The minimum Gasteiger partial charge on any atom is -0.481 e. The number of carbonyl (C=O) groups excluding carboxylic acids is 2. The second-order valence-electron chi connectivity index (χ2n) is 6.74. The molecule has 4 N–H and O–H groups in total. The number of aliphatic carboxylic acids is 1. The number of aliphatic imine (C=N–C) groups is 1. The summed E-state index contributed by atoms with van der Waals surface area (Å²) in [6, 6.07) is 6.23. The van der Waals surface area contributed by atoms with Gasteiger partial charge in [-0.2, -0.15) is 0 Å². The van der Waals surface area contributed by atoms with Gasteiger partial charge in [-0.15, -0.1) is 11.3 Å². The van der Waals surface area contributed by atoms with Gasteiger partial charge in [0.05, 0.1) is 17.3 Å². The Bertz CT molecular complexity index is 928. The minimum absolute atomic E-state index is 0.138. The van der Waals surface area contributed by atoms with Crippen LogP contribution in [0.1, 0.15) is 45.4 Å². The van der Waals surface area contributed by atoms with Gasteiger partial charge >= 0.3 is 5.97 Å². The summed E-state index contributed by atoms with van der Waals surface area (Å²) >= 11 is 1.28. The lowest BCUT2D eigenvalue weighted by Gasteiger charge is -2.16. The second-order valence-corrected chi connectivity index (χ2v) is 7.90. The van der Waals surface area contributed by atoms with Gasteiger partial charge in [-0.1, -0.05) is 6.07 Å². The van der Waals surface area contributed by atoms with E-state index in [1.54, 1.807) is 30.5 Å². The molecule has 0 saturated heterocycles. The fourth-order valence-electron chi connectivity index (χ4n) is 2.92. The number of hydrogen-bond donors (Lipinski definition) is 4. The maximum Gasteiger partial charge on any atom is 0.305 e. The Labute approximate surface area is 177 Å². The number of aromatic nitrogens is 1. The molecule has 0 fully saturated rings. The molecule has 30 heavy (non-hydrogen) atoms. The number of rotatable bonds is 8. The van der Waals surface area contributed by atoms with E-state index in [0.717, 1.165) is 17.8 Å². The van der Waals surface area contributed by atoms with Crippen LogP contribution in [-0.4, -0.2) is 46.9 Å². The normalized spacial score (nSPS) is 14.2. The number of nitrogens with zero attached hydrogens (tertiary/aromatic N) is 2. The standard InChI is InChI=1S/C20H23N5O4S/c26-17(25-20-22-9-2-10-23-20)7-5-14-4-6-16(30-14)19(29)24-15(11-18(27)28)13-3-1-8-21-12-13/h1,3-4,6,8,12,15H,2,5,7,9-11H2,(H,24,29)(H,27,28)(H2,22,23,25,26)/t15-/m0/s1. The van der Waals surface area contributed by atoms with Crippen LogP contribution in [0.15, 0.2) is 41.7 Å². The largest absolute Gasteiger partial charge is 0.481 e. The summed E-state index contributed by atoms with van der Waals surface area (Å²) in [6.45, 7) is 1.50. The average Bonchev–Trinajstić information content (AvgIpc) is 3.22. The zero-order valence-electron chi connectivity index (χ0n) is 16.3. The zero-order valence-corrected chi connectivity index (χ0v) is 17.1. The van der Waals surface area contributed by atoms with E-state index in [9.17, 15) is 14.4 Å². The summed E-state index contributed by atoms with van der Waals surface area (Å²) in [5.74, 6) is -0.997. The fraction of sp³-hybridized carbons (Fsp3) is 0.350. The van der Waals surface area contributed by atoms with Crippen molar-refractivity contribution >= 4 is 35.1 Å². The molecule has 1 aliphatic heterocycles. The van der Waals surface area contributed by atoms with Crippen molar-refractivity contribution in [1.82, 2.24) is 20.9 Å². The van der Waals surface area contributed by atoms with E-state index in [-0.39, 0.29) is 24.7 Å². The Kier molecular flexibility index (Phi) is 7.50. The van der Waals surface area contributed by atoms with Crippen molar-refractivity contribution in [3.8, 4) is 0 Å². The number of amides is 2. The smallest absolute Gasteiger partial charge is 0.305 e. The third-order valence-electron chi connectivity index (χ3n) is 4.41. The number of carboxylic acids is 1. The van der Waals surface area contributed by atoms with Gasteiger partial charge in [0.15, 0.2) is 5.96 Å². The van der Waals surface area contributed by atoms with Crippen LogP contribution in [0.2, 0.25) is 0 Å². The third kappa shape index (κ3) is 6.38. The van der Waals surface area contributed by atoms with E-state index in [4.69, 9.17) is 5.11 Å². The first-order valence-corrected chi connectivity index (χ1v) is 10.4. The highest BCUT2D eigenvalue weighted by Gasteiger charge is 2.20. The molecule has 1 aliphatic rings. The Morgan fingerprint density at radius 3 is 2.83 bits per heavy atom. The number of aryl methyl sites for hydroxylation is 1. The quantitative estimate of drug-likeness (QED) is 0.502. The number of carboxylic acid groups (broad SMARTS) is 1. The first-order valence-electron chi connectivity index (χ1n) is 9.60. The molecule has 0 bridgehead atoms. The highest BCUT2D eigenvalue weighted by Crippen LogP contribution is 2.21. The SMILES string of the molecule is O=C(O)C[C@H](NC(=O)c1ccc(CCC(=O)NC2=NCCCN2)s1)c1cccnc1. The number of nitrogens with one attached hydrogen (secondary N) is 3. The molecule has 0 aromatic carbocycles. The summed E-state index contributed by atoms with van der Waals surface area (Å²) in [5.41, 5.74) is 0.626. The molecule has 9 nitrogen and oxygen atoms in total. The van der Waals surface area contributed by atoms with Crippen LogP contribution in [0.5, 0.6) is 0 Å². The van der Waals surface area contributed by atoms with E-state index in [1.165, 1.54) is 17.5 Å². The molecule has 0 unspecified atom stereocenters. The van der Waals surface area contributed by atoms with Gasteiger partial charge in [-0.05, 0) is 36.6 Å². The fourth-order valence-corrected chi connectivity index (χ4v) is 3.83. The van der Waals surface area contributed by atoms with Crippen LogP contribution in [0, 0.1) is 0 Å². The average molecular weight is 430 g/mol. The van der Waals surface area contributed by atoms with E-state index in [0.29, 0.717) is 29.4 Å². The number of pyridine rings is 1. The molecule has 1 atom stereocenters. The molecule has 0 radical (unpaired) electrons. The van der Waals surface area contributed by atoms with Gasteiger partial charge in [0.1, 0.15) is 0 Å². The zero-order chi connectivity index (χ0) is 21.3. The Balaban J connectivity index is 1.55. The maximum absolute atomic E-state index is 12.6. The molecular weight excluding hydrogens is 406 g/mol. The van der Waals surface area contributed by atoms with Gasteiger partial charge in [0.25, 0.3) is 5.91 Å². The van der Waals surface area contributed by atoms with Crippen LogP contribution in [0.25, 0.3) is 0 Å². The van der Waals surface area contributed by atoms with Gasteiger partial charge in [0, 0.05) is 36.8 Å². The lowest BCUT2D eigenvalue weighted by molar-refractivity contribution is -0.137. The van der Waals surface area contributed by atoms with Crippen LogP contribution < -0.4 is 16.0 Å². The molecular formula is C20H23N5O4S. The molecule has 2 aromatic rings. The summed E-state index contributed by atoms with van der Waals surface area (Å²) in [4.78, 5) is 45.4. The summed E-state index contributed by atoms with van der Waals surface area (Å²) in [7, 11) is 0. The predicted octanol–water partition coefficient (Wildman–Crippen LogP) is 1.49. The van der Waals surface area contributed by atoms with Gasteiger partial charge in [0.2, 0.25) is 5.91 Å². The lowest BCUT2D eigenvalue weighted by atomic mass is 10.1. The van der Waals surface area contributed by atoms with Crippen molar-refractivity contribution in [3.63, 3.8) is 0 Å². The van der Waals surface area contributed by atoms with Gasteiger partial charge in [-0.25, -0.2) is 0 Å². The van der Waals surface area contributed by atoms with Crippen LogP contribution in [0.4, 0.5) is 0 Å². The van der Waals surface area contributed by atoms with Crippen molar-refractivity contribution in [2.45, 2.75) is 31.7 Å². The van der Waals surface area contributed by atoms with Crippen LogP contribution in [0.3, 0.4) is 0 Å². The molecule has 0 saturated carbocycles. The first-order chi connectivity index (χ1) is 14.5. The van der Waals surface area contributed by atoms with E-state index in [2.05, 4.69) is 25.9 Å². The van der Waals surface area contributed by atoms with E-state index in [1.807, 2.05) is 0 Å². The monoisotopic (exact) mass is 429 g/mol. The van der Waals surface area contributed by atoms with Crippen molar-refractivity contribution < 1.29 is 19.5 Å². The summed E-state index contributed by atoms with van der Waals surface area (Å²) in [6.07, 6.45) is 4.61. The summed E-state index contributed by atoms with van der Waals surface area (Å²) in [5, 5.41) is 17.7. The van der Waals surface area contributed by atoms with E-state index < -0.39 is 12.0 Å². The van der Waals surface area contributed by atoms with Crippen molar-refractivity contribution in [1.29, 1.82) is 0 Å². The predicted molar refractivity (Wildman–Crippen MR) is 112 cm³/mol. The second kappa shape index (κ2) is 10.5. The lowest BCUT2D eigenvalue weighted by Crippen LogP contribution is -2.43. The first kappa shape index (κ1) is 21.4. The molecule has 3 rings (SSSR count). The highest BCUT2D eigenvalue weighted by molar-refractivity contribution is 7.14. The molecule has 10 heteroatoms. The Morgan fingerprint density at radius 1 is 1.27 bits per heavy atom. The Morgan fingerprint density at radius 2 is 2.13 bits per heavy atom. The molecule has 0 spiro atoms. The van der Waals surface area contributed by atoms with Gasteiger partial charge < -0.3 is 15.7 Å². The maximum atomic E-state index is 12.6. The molecule has 2 amide bonds. The minimum atomic E-state index is -1.01. The van der Waals surface area contributed by atoms with Crippen LogP contribution in [-0.2, 0) is 16.0 Å². The van der Waals surface area contributed by atoms with Crippen LogP contribution >= 0.6 is 11.3 Å². The molecule has 3 heterocycles. The highest BCUT2D eigenvalue weighted by atomic mass is 32.1. The number of hydrogen-bond acceptors (Lipinski definition) is 7. The van der Waals surface area contributed by atoms with E-state index >= 15 is 0 Å². The van der Waals surface area contributed by atoms with Crippen molar-refractivity contribution in [2.75, 3.05) is 13.1 Å². The molecule has 2 aromatic heterocycles. The molecule has 0 aliphatic carbocycles. The topological polar surface area (TPSA) is 133 Å². The number of thiophene rings is 1.